The molecule has 30 heavy (non-hydrogen) atoms. The quantitative estimate of drug-likeness (QED) is 0.628. The van der Waals surface area contributed by atoms with Gasteiger partial charge in [-0.25, -0.2) is 9.59 Å². The molecule has 0 saturated carbocycles. The van der Waals surface area contributed by atoms with Crippen LogP contribution in [0, 0.1) is 5.92 Å². The largest absolute Gasteiger partial charge is 0.493 e. The van der Waals surface area contributed by atoms with Crippen molar-refractivity contribution < 1.29 is 23.8 Å². The summed E-state index contributed by atoms with van der Waals surface area (Å²) < 4.78 is 16.6. The number of rotatable bonds is 8. The van der Waals surface area contributed by atoms with Gasteiger partial charge in [0.1, 0.15) is 16.9 Å². The number of ether oxygens (including phenoxy) is 3. The lowest BCUT2D eigenvalue weighted by Crippen LogP contribution is -2.59. The molecule has 1 aliphatic carbocycles. The molecule has 0 unspecified atom stereocenters. The minimum atomic E-state index is -1.18. The van der Waals surface area contributed by atoms with Crippen LogP contribution in [0.4, 0.5) is 4.79 Å². The van der Waals surface area contributed by atoms with Gasteiger partial charge in [-0.05, 0) is 51.8 Å². The standard InChI is InChI=1S/C23H36N2O5/c1-7-24-14-16(2)15-29-19-10-8-9-17-11-12-23(13-18(17)19,20(26)28-6)25-21(27)30-22(3,4)5/h8-10,16,24H,7,11-15H2,1-6H3,(H,25,27)/t16-,23+/m0/s1. The Morgan fingerprint density at radius 3 is 2.63 bits per heavy atom. The molecule has 0 radical (unpaired) electrons. The van der Waals surface area contributed by atoms with Gasteiger partial charge in [0.2, 0.25) is 0 Å². The molecular weight excluding hydrogens is 384 g/mol. The summed E-state index contributed by atoms with van der Waals surface area (Å²) >= 11 is 0. The lowest BCUT2D eigenvalue weighted by molar-refractivity contribution is -0.149. The maximum Gasteiger partial charge on any atom is 0.408 e. The van der Waals surface area contributed by atoms with Crippen LogP contribution >= 0.6 is 0 Å². The van der Waals surface area contributed by atoms with E-state index in [9.17, 15) is 9.59 Å². The summed E-state index contributed by atoms with van der Waals surface area (Å²) in [5.74, 6) is 0.610. The molecule has 1 amide bonds. The van der Waals surface area contributed by atoms with Crippen LogP contribution in [0.5, 0.6) is 5.75 Å². The fourth-order valence-corrected chi connectivity index (χ4v) is 3.63. The molecule has 168 valence electrons. The van der Waals surface area contributed by atoms with E-state index in [4.69, 9.17) is 14.2 Å². The lowest BCUT2D eigenvalue weighted by atomic mass is 9.77. The SMILES string of the molecule is CCNC[C@H](C)COc1cccc2c1C[C@@](NC(=O)OC(C)(C)C)(C(=O)OC)CC2. The molecule has 7 nitrogen and oxygen atoms in total. The Bertz CT molecular complexity index is 744. The number of hydrogen-bond donors (Lipinski definition) is 2. The van der Waals surface area contributed by atoms with Gasteiger partial charge in [-0.1, -0.05) is 26.0 Å². The number of fused-ring (bicyclic) bond motifs is 1. The second kappa shape index (κ2) is 10.2. The number of benzene rings is 1. The Morgan fingerprint density at radius 1 is 1.27 bits per heavy atom. The Morgan fingerprint density at radius 2 is 2.00 bits per heavy atom. The number of nitrogens with one attached hydrogen (secondary N) is 2. The maximum absolute atomic E-state index is 12.8. The lowest BCUT2D eigenvalue weighted by Gasteiger charge is -2.37. The van der Waals surface area contributed by atoms with E-state index >= 15 is 0 Å². The van der Waals surface area contributed by atoms with Crippen molar-refractivity contribution in [3.63, 3.8) is 0 Å². The highest BCUT2D eigenvalue weighted by Gasteiger charge is 2.45. The molecule has 2 atom stereocenters. The average molecular weight is 421 g/mol. The number of amides is 1. The van der Waals surface area contributed by atoms with Crippen LogP contribution < -0.4 is 15.4 Å². The van der Waals surface area contributed by atoms with E-state index in [1.807, 2.05) is 18.2 Å². The van der Waals surface area contributed by atoms with Crippen LogP contribution in [0.25, 0.3) is 0 Å². The number of methoxy groups -OCH3 is 1. The molecule has 7 heteroatoms. The van der Waals surface area contributed by atoms with Gasteiger partial charge in [0, 0.05) is 24.4 Å². The first-order valence-electron chi connectivity index (χ1n) is 10.6. The molecule has 1 aromatic carbocycles. The van der Waals surface area contributed by atoms with Gasteiger partial charge >= 0.3 is 12.1 Å². The van der Waals surface area contributed by atoms with E-state index in [-0.39, 0.29) is 0 Å². The van der Waals surface area contributed by atoms with Crippen molar-refractivity contribution in [2.75, 3.05) is 26.8 Å². The molecule has 1 aliphatic rings. The molecule has 2 rings (SSSR count). The fourth-order valence-electron chi connectivity index (χ4n) is 3.63. The van der Waals surface area contributed by atoms with E-state index in [1.165, 1.54) is 7.11 Å². The number of alkyl carbamates (subject to hydrolysis) is 1. The van der Waals surface area contributed by atoms with Crippen molar-refractivity contribution in [3.8, 4) is 5.75 Å². The van der Waals surface area contributed by atoms with Gasteiger partial charge in [-0.2, -0.15) is 0 Å². The van der Waals surface area contributed by atoms with Gasteiger partial charge in [0.15, 0.2) is 0 Å². The average Bonchev–Trinajstić information content (AvgIpc) is 2.68. The van der Waals surface area contributed by atoms with E-state index < -0.39 is 23.2 Å². The van der Waals surface area contributed by atoms with Crippen LogP contribution in [0.1, 0.15) is 52.2 Å². The van der Waals surface area contributed by atoms with Gasteiger partial charge in [-0.3, -0.25) is 0 Å². The predicted octanol–water partition coefficient (Wildman–Crippen LogP) is 3.24. The van der Waals surface area contributed by atoms with Crippen molar-refractivity contribution in [1.82, 2.24) is 10.6 Å². The Balaban J connectivity index is 2.23. The molecule has 0 aliphatic heterocycles. The predicted molar refractivity (Wildman–Crippen MR) is 116 cm³/mol. The van der Waals surface area contributed by atoms with E-state index in [1.54, 1.807) is 20.8 Å². The smallest absolute Gasteiger partial charge is 0.408 e. The van der Waals surface area contributed by atoms with Crippen molar-refractivity contribution >= 4 is 12.1 Å². The number of hydrogen-bond acceptors (Lipinski definition) is 6. The third-order valence-electron chi connectivity index (χ3n) is 5.11. The van der Waals surface area contributed by atoms with Gasteiger partial charge < -0.3 is 24.8 Å². The Labute approximate surface area is 179 Å². The Hall–Kier alpha value is -2.28. The Kier molecular flexibility index (Phi) is 8.12. The first kappa shape index (κ1) is 24.0. The summed E-state index contributed by atoms with van der Waals surface area (Å²) in [6.45, 7) is 11.9. The zero-order valence-electron chi connectivity index (χ0n) is 19.1. The molecule has 0 bridgehead atoms. The number of esters is 1. The zero-order chi connectivity index (χ0) is 22.4. The van der Waals surface area contributed by atoms with Crippen LogP contribution in [-0.2, 0) is 27.1 Å². The van der Waals surface area contributed by atoms with Crippen molar-refractivity contribution in [2.24, 2.45) is 5.92 Å². The molecular formula is C23H36N2O5. The second-order valence-corrected chi connectivity index (χ2v) is 9.00. The van der Waals surface area contributed by atoms with E-state index in [0.717, 1.165) is 30.0 Å². The maximum atomic E-state index is 12.8. The van der Waals surface area contributed by atoms with Crippen LogP contribution in [0.15, 0.2) is 18.2 Å². The van der Waals surface area contributed by atoms with Crippen LogP contribution in [-0.4, -0.2) is 50.0 Å². The highest BCUT2D eigenvalue weighted by atomic mass is 16.6. The molecule has 0 saturated heterocycles. The molecule has 1 aromatic rings. The molecule has 0 fully saturated rings. The van der Waals surface area contributed by atoms with Gasteiger partial charge in [-0.15, -0.1) is 0 Å². The topological polar surface area (TPSA) is 85.9 Å². The molecule has 0 heterocycles. The summed E-state index contributed by atoms with van der Waals surface area (Å²) in [4.78, 5) is 25.2. The molecule has 0 spiro atoms. The second-order valence-electron chi connectivity index (χ2n) is 9.00. The third-order valence-corrected chi connectivity index (χ3v) is 5.11. The van der Waals surface area contributed by atoms with Crippen molar-refractivity contribution in [1.29, 1.82) is 0 Å². The fraction of sp³-hybridized carbons (Fsp3) is 0.652. The summed E-state index contributed by atoms with van der Waals surface area (Å²) in [7, 11) is 1.33. The minimum absolute atomic E-state index is 0.298. The summed E-state index contributed by atoms with van der Waals surface area (Å²) in [6.07, 6.45) is 0.733. The van der Waals surface area contributed by atoms with Crippen molar-refractivity contribution in [3.05, 3.63) is 29.3 Å². The first-order chi connectivity index (χ1) is 14.1. The van der Waals surface area contributed by atoms with Crippen molar-refractivity contribution in [2.45, 2.75) is 65.0 Å². The molecule has 0 aromatic heterocycles. The van der Waals surface area contributed by atoms with Gasteiger partial charge in [0.25, 0.3) is 0 Å². The van der Waals surface area contributed by atoms with Crippen LogP contribution in [0.3, 0.4) is 0 Å². The highest BCUT2D eigenvalue weighted by molar-refractivity contribution is 5.87. The van der Waals surface area contributed by atoms with E-state index in [2.05, 4.69) is 24.5 Å². The van der Waals surface area contributed by atoms with E-state index in [0.29, 0.717) is 31.8 Å². The summed E-state index contributed by atoms with van der Waals surface area (Å²) in [5, 5.41) is 6.12. The van der Waals surface area contributed by atoms with Gasteiger partial charge in [0.05, 0.1) is 13.7 Å². The van der Waals surface area contributed by atoms with Crippen LogP contribution in [0.2, 0.25) is 0 Å². The summed E-state index contributed by atoms with van der Waals surface area (Å²) in [5.41, 5.74) is 0.210. The normalized spacial score (nSPS) is 19.4. The highest BCUT2D eigenvalue weighted by Crippen LogP contribution is 2.36. The zero-order valence-corrected chi connectivity index (χ0v) is 19.1. The monoisotopic (exact) mass is 420 g/mol. The molecule has 2 N–H and O–H groups in total. The minimum Gasteiger partial charge on any atom is -0.493 e. The number of carbonyl (C=O) groups is 2. The third kappa shape index (κ3) is 6.36. The summed E-state index contributed by atoms with van der Waals surface area (Å²) in [6, 6.07) is 5.92. The first-order valence-corrected chi connectivity index (χ1v) is 10.6. The number of carbonyl (C=O) groups excluding carboxylic acids is 2. The number of aryl methyl sites for hydroxylation is 1.